The first-order valence-corrected chi connectivity index (χ1v) is 11.5. The van der Waals surface area contributed by atoms with E-state index in [0.717, 1.165) is 41.8 Å². The number of carbonyl (C=O) groups is 1. The van der Waals surface area contributed by atoms with Crippen LogP contribution in [0.5, 0.6) is 5.75 Å². The Balaban J connectivity index is 1.29. The van der Waals surface area contributed by atoms with Crippen LogP contribution >= 0.6 is 11.3 Å². The number of nitrogens with two attached hydrogens (primary N) is 1. The zero-order valence-corrected chi connectivity index (χ0v) is 18.9. The molecular weight excluding hydrogens is 418 g/mol. The molecule has 0 aliphatic heterocycles. The van der Waals surface area contributed by atoms with Crippen LogP contribution in [0.3, 0.4) is 0 Å². The molecule has 3 aromatic carbocycles. The van der Waals surface area contributed by atoms with Crippen molar-refractivity contribution in [2.45, 2.75) is 19.4 Å². The third kappa shape index (κ3) is 5.46. The summed E-state index contributed by atoms with van der Waals surface area (Å²) in [6.07, 6.45) is 2.04. The smallest absolute Gasteiger partial charge is 0.265 e. The van der Waals surface area contributed by atoms with Gasteiger partial charge in [-0.1, -0.05) is 36.4 Å². The monoisotopic (exact) mass is 445 g/mol. The van der Waals surface area contributed by atoms with Crippen molar-refractivity contribution in [3.63, 3.8) is 0 Å². The zero-order valence-electron chi connectivity index (χ0n) is 18.1. The SMILES string of the molecule is COc1ccc(CNCCCc2ccc3cc(C(=O)Nc4ccccc4N)sc3c2)cc1. The number of anilines is 2. The number of rotatable bonds is 9. The molecular formula is C26H27N3O2S. The summed E-state index contributed by atoms with van der Waals surface area (Å²) in [5, 5.41) is 7.48. The number of hydrogen-bond donors (Lipinski definition) is 3. The fourth-order valence-corrected chi connectivity index (χ4v) is 4.55. The van der Waals surface area contributed by atoms with E-state index >= 15 is 0 Å². The van der Waals surface area contributed by atoms with Crippen molar-refractivity contribution < 1.29 is 9.53 Å². The van der Waals surface area contributed by atoms with Gasteiger partial charge in [-0.3, -0.25) is 4.79 Å². The Morgan fingerprint density at radius 2 is 1.78 bits per heavy atom. The molecule has 0 fully saturated rings. The van der Waals surface area contributed by atoms with Crippen LogP contribution in [-0.4, -0.2) is 19.6 Å². The van der Waals surface area contributed by atoms with Gasteiger partial charge in [0.25, 0.3) is 5.91 Å². The van der Waals surface area contributed by atoms with E-state index in [0.29, 0.717) is 16.3 Å². The molecule has 0 radical (unpaired) electrons. The zero-order chi connectivity index (χ0) is 22.3. The van der Waals surface area contributed by atoms with E-state index in [1.165, 1.54) is 22.5 Å². The summed E-state index contributed by atoms with van der Waals surface area (Å²) < 4.78 is 6.32. The van der Waals surface area contributed by atoms with Gasteiger partial charge in [-0.05, 0) is 72.3 Å². The molecule has 5 nitrogen and oxygen atoms in total. The molecule has 0 aliphatic carbocycles. The minimum Gasteiger partial charge on any atom is -0.497 e. The molecule has 0 bridgehead atoms. The van der Waals surface area contributed by atoms with Gasteiger partial charge in [0.15, 0.2) is 0 Å². The molecule has 0 aliphatic rings. The van der Waals surface area contributed by atoms with Crippen molar-refractivity contribution in [3.05, 3.63) is 88.8 Å². The summed E-state index contributed by atoms with van der Waals surface area (Å²) in [5.41, 5.74) is 9.66. The number of carbonyl (C=O) groups excluding carboxylic acids is 1. The fourth-order valence-electron chi connectivity index (χ4n) is 3.53. The lowest BCUT2D eigenvalue weighted by molar-refractivity contribution is 0.103. The highest BCUT2D eigenvalue weighted by molar-refractivity contribution is 7.20. The first kappa shape index (κ1) is 21.9. The molecule has 4 N–H and O–H groups in total. The molecule has 0 saturated carbocycles. The highest BCUT2D eigenvalue weighted by Crippen LogP contribution is 2.28. The molecule has 1 amide bonds. The highest BCUT2D eigenvalue weighted by atomic mass is 32.1. The fraction of sp³-hybridized carbons (Fsp3) is 0.192. The molecule has 164 valence electrons. The van der Waals surface area contributed by atoms with E-state index in [1.807, 2.05) is 30.3 Å². The molecule has 4 aromatic rings. The molecule has 1 aromatic heterocycles. The third-order valence-corrected chi connectivity index (χ3v) is 6.42. The van der Waals surface area contributed by atoms with E-state index in [-0.39, 0.29) is 5.91 Å². The number of para-hydroxylation sites is 2. The second-order valence-electron chi connectivity index (χ2n) is 7.65. The van der Waals surface area contributed by atoms with Crippen molar-refractivity contribution in [2.75, 3.05) is 24.7 Å². The molecule has 0 atom stereocenters. The second-order valence-corrected chi connectivity index (χ2v) is 8.74. The Morgan fingerprint density at radius 1 is 1.00 bits per heavy atom. The number of nitrogens with one attached hydrogen (secondary N) is 2. The van der Waals surface area contributed by atoms with Crippen LogP contribution < -0.4 is 21.1 Å². The summed E-state index contributed by atoms with van der Waals surface area (Å²) in [4.78, 5) is 13.3. The van der Waals surface area contributed by atoms with Crippen molar-refractivity contribution in [2.24, 2.45) is 0 Å². The van der Waals surface area contributed by atoms with Gasteiger partial charge in [-0.15, -0.1) is 11.3 Å². The number of methoxy groups -OCH3 is 1. The largest absolute Gasteiger partial charge is 0.497 e. The van der Waals surface area contributed by atoms with Gasteiger partial charge in [-0.2, -0.15) is 0 Å². The van der Waals surface area contributed by atoms with Crippen LogP contribution in [0.1, 0.15) is 27.2 Å². The highest BCUT2D eigenvalue weighted by Gasteiger charge is 2.12. The summed E-state index contributed by atoms with van der Waals surface area (Å²) >= 11 is 1.51. The standard InChI is InChI=1S/C26H27N3O2S/c1-31-21-12-9-19(10-13-21)17-28-14-4-5-18-8-11-20-16-25(32-24(20)15-18)26(30)29-23-7-3-2-6-22(23)27/h2-3,6-13,15-16,28H,4-5,14,17,27H2,1H3,(H,29,30). The molecule has 1 heterocycles. The molecule has 6 heteroatoms. The average molecular weight is 446 g/mol. The predicted molar refractivity (Wildman–Crippen MR) is 134 cm³/mol. The number of benzene rings is 3. The number of thiophene rings is 1. The quantitative estimate of drug-likeness (QED) is 0.236. The van der Waals surface area contributed by atoms with E-state index in [2.05, 4.69) is 41.0 Å². The van der Waals surface area contributed by atoms with E-state index < -0.39 is 0 Å². The van der Waals surface area contributed by atoms with Crippen molar-refractivity contribution >= 4 is 38.7 Å². The first-order valence-electron chi connectivity index (χ1n) is 10.6. The third-order valence-electron chi connectivity index (χ3n) is 5.32. The first-order chi connectivity index (χ1) is 15.6. The number of nitrogen functional groups attached to an aromatic ring is 1. The Hall–Kier alpha value is -3.35. The normalized spacial score (nSPS) is 10.9. The van der Waals surface area contributed by atoms with Gasteiger partial charge in [0.1, 0.15) is 5.75 Å². The van der Waals surface area contributed by atoms with E-state index in [4.69, 9.17) is 10.5 Å². The van der Waals surface area contributed by atoms with Gasteiger partial charge in [-0.25, -0.2) is 0 Å². The molecule has 4 rings (SSSR count). The maximum atomic E-state index is 12.6. The summed E-state index contributed by atoms with van der Waals surface area (Å²) in [7, 11) is 1.68. The van der Waals surface area contributed by atoms with Crippen LogP contribution in [0.25, 0.3) is 10.1 Å². The Morgan fingerprint density at radius 3 is 2.56 bits per heavy atom. The number of ether oxygens (including phenoxy) is 1. The number of aryl methyl sites for hydroxylation is 1. The lowest BCUT2D eigenvalue weighted by Crippen LogP contribution is -2.15. The van der Waals surface area contributed by atoms with Gasteiger partial charge in [0.2, 0.25) is 0 Å². The van der Waals surface area contributed by atoms with Crippen LogP contribution in [0.2, 0.25) is 0 Å². The van der Waals surface area contributed by atoms with E-state index in [1.54, 1.807) is 19.2 Å². The summed E-state index contributed by atoms with van der Waals surface area (Å²) in [5.74, 6) is 0.746. The van der Waals surface area contributed by atoms with Gasteiger partial charge in [0.05, 0.1) is 23.4 Å². The Bertz CT molecular complexity index is 1200. The van der Waals surface area contributed by atoms with Crippen molar-refractivity contribution in [3.8, 4) is 5.75 Å². The van der Waals surface area contributed by atoms with Crippen molar-refractivity contribution in [1.29, 1.82) is 0 Å². The topological polar surface area (TPSA) is 76.4 Å². The molecule has 0 unspecified atom stereocenters. The lowest BCUT2D eigenvalue weighted by Gasteiger charge is -2.06. The van der Waals surface area contributed by atoms with E-state index in [9.17, 15) is 4.79 Å². The predicted octanol–water partition coefficient (Wildman–Crippen LogP) is 5.47. The summed E-state index contributed by atoms with van der Waals surface area (Å²) in [6, 6.07) is 23.8. The molecule has 0 saturated heterocycles. The van der Waals surface area contributed by atoms with Crippen LogP contribution in [-0.2, 0) is 13.0 Å². The van der Waals surface area contributed by atoms with Crippen LogP contribution in [0.15, 0.2) is 72.8 Å². The minimum atomic E-state index is -0.131. The maximum Gasteiger partial charge on any atom is 0.265 e. The van der Waals surface area contributed by atoms with Crippen molar-refractivity contribution in [1.82, 2.24) is 5.32 Å². The molecule has 0 spiro atoms. The molecule has 32 heavy (non-hydrogen) atoms. The summed E-state index contributed by atoms with van der Waals surface area (Å²) in [6.45, 7) is 1.79. The lowest BCUT2D eigenvalue weighted by atomic mass is 10.1. The Kier molecular flexibility index (Phi) is 7.04. The Labute approximate surface area is 192 Å². The van der Waals surface area contributed by atoms with Crippen LogP contribution in [0, 0.1) is 0 Å². The maximum absolute atomic E-state index is 12.6. The van der Waals surface area contributed by atoms with Gasteiger partial charge in [0, 0.05) is 11.2 Å². The van der Waals surface area contributed by atoms with Crippen LogP contribution in [0.4, 0.5) is 11.4 Å². The average Bonchev–Trinajstić information content (AvgIpc) is 3.24. The van der Waals surface area contributed by atoms with Gasteiger partial charge < -0.3 is 21.1 Å². The minimum absolute atomic E-state index is 0.131. The number of hydrogen-bond acceptors (Lipinski definition) is 5. The number of fused-ring (bicyclic) bond motifs is 1. The van der Waals surface area contributed by atoms with Gasteiger partial charge >= 0.3 is 0 Å². The number of amides is 1. The second kappa shape index (κ2) is 10.3.